The Hall–Kier alpha value is -3.65. The number of hydrogen-bond donors (Lipinski definition) is 1. The quantitative estimate of drug-likeness (QED) is 0.399. The Morgan fingerprint density at radius 1 is 1.09 bits per heavy atom. The maximum absolute atomic E-state index is 12.8. The van der Waals surface area contributed by atoms with Crippen LogP contribution >= 0.6 is 15.9 Å². The number of urea groups is 1. The zero-order valence-electron chi connectivity index (χ0n) is 17.1. The molecule has 2 aromatic carbocycles. The maximum Gasteiger partial charge on any atom is 0.331 e. The van der Waals surface area contributed by atoms with E-state index in [0.717, 1.165) is 10.5 Å². The number of amides is 4. The Kier molecular flexibility index (Phi) is 6.23. The monoisotopic (exact) mass is 494 g/mol. The Labute approximate surface area is 192 Å². The number of imide groups is 2. The molecule has 1 fully saturated rings. The third-order valence-electron chi connectivity index (χ3n) is 4.86. The molecular weight excluding hydrogens is 476 g/mol. The summed E-state index contributed by atoms with van der Waals surface area (Å²) in [6.45, 7) is 2.36. The molecule has 0 spiro atoms. The van der Waals surface area contributed by atoms with E-state index in [1.807, 2.05) is 31.2 Å². The zero-order chi connectivity index (χ0) is 22.7. The summed E-state index contributed by atoms with van der Waals surface area (Å²) in [5.74, 6) is -0.376. The van der Waals surface area contributed by atoms with Crippen LogP contribution in [0.2, 0.25) is 0 Å². The lowest BCUT2D eigenvalue weighted by molar-refractivity contribution is -0.130. The maximum atomic E-state index is 12.8. The van der Waals surface area contributed by atoms with Gasteiger partial charge in [-0.3, -0.25) is 19.8 Å². The molecule has 0 bridgehead atoms. The summed E-state index contributed by atoms with van der Waals surface area (Å²) in [4.78, 5) is 38.2. The molecule has 0 radical (unpaired) electrons. The van der Waals surface area contributed by atoms with Gasteiger partial charge in [0.1, 0.15) is 23.7 Å². The van der Waals surface area contributed by atoms with E-state index in [9.17, 15) is 14.4 Å². The van der Waals surface area contributed by atoms with Crippen LogP contribution < -0.4 is 10.1 Å². The number of nitrogens with zero attached hydrogens (tertiary/aromatic N) is 1. The molecule has 3 aromatic rings. The Morgan fingerprint density at radius 2 is 1.88 bits per heavy atom. The number of ether oxygens (including phenoxy) is 1. The molecule has 1 aliphatic heterocycles. The van der Waals surface area contributed by atoms with Crippen LogP contribution in [-0.2, 0) is 22.7 Å². The second-order valence-corrected chi connectivity index (χ2v) is 8.11. The predicted octanol–water partition coefficient (Wildman–Crippen LogP) is 4.59. The highest BCUT2D eigenvalue weighted by atomic mass is 79.9. The number of barbiturate groups is 1. The molecule has 4 rings (SSSR count). The van der Waals surface area contributed by atoms with E-state index >= 15 is 0 Å². The molecular formula is C24H19BrN2O5. The largest absolute Gasteiger partial charge is 0.488 e. The van der Waals surface area contributed by atoms with Gasteiger partial charge < -0.3 is 9.15 Å². The number of carbonyl (C=O) groups excluding carboxylic acids is 3. The molecule has 1 aromatic heterocycles. The second kappa shape index (κ2) is 9.23. The third-order valence-corrected chi connectivity index (χ3v) is 5.48. The standard InChI is InChI=1S/C24H19BrN2O5/c1-15-4-6-16(7-5-15)14-32-21-9-8-17(12-20(21)25)11-19-22(28)26-24(30)27(23(19)29)13-18-3-2-10-31-18/h2-12H,13-14H2,1H3,(H,26,28,30). The summed E-state index contributed by atoms with van der Waals surface area (Å²) < 4.78 is 11.7. The van der Waals surface area contributed by atoms with Gasteiger partial charge in [0.2, 0.25) is 0 Å². The summed E-state index contributed by atoms with van der Waals surface area (Å²) in [7, 11) is 0. The lowest BCUT2D eigenvalue weighted by Gasteiger charge is -2.25. The molecule has 32 heavy (non-hydrogen) atoms. The summed E-state index contributed by atoms with van der Waals surface area (Å²) in [5.41, 5.74) is 2.68. The SMILES string of the molecule is Cc1ccc(COc2ccc(C=C3C(=O)NC(=O)N(Cc4ccco4)C3=O)cc2Br)cc1. The van der Waals surface area contributed by atoms with Crippen molar-refractivity contribution in [2.24, 2.45) is 0 Å². The second-order valence-electron chi connectivity index (χ2n) is 7.25. The highest BCUT2D eigenvalue weighted by Gasteiger charge is 2.36. The molecule has 4 amide bonds. The minimum absolute atomic E-state index is 0.0717. The number of carbonyl (C=O) groups is 3. The highest BCUT2D eigenvalue weighted by molar-refractivity contribution is 9.10. The topological polar surface area (TPSA) is 88.8 Å². The Morgan fingerprint density at radius 3 is 2.56 bits per heavy atom. The van der Waals surface area contributed by atoms with Crippen molar-refractivity contribution in [1.29, 1.82) is 0 Å². The van der Waals surface area contributed by atoms with E-state index < -0.39 is 17.8 Å². The Balaban J connectivity index is 1.50. The van der Waals surface area contributed by atoms with Crippen LogP contribution in [0, 0.1) is 6.92 Å². The summed E-state index contributed by atoms with van der Waals surface area (Å²) in [5, 5.41) is 2.19. The van der Waals surface area contributed by atoms with Crippen molar-refractivity contribution < 1.29 is 23.5 Å². The van der Waals surface area contributed by atoms with Gasteiger partial charge in [0.05, 0.1) is 17.3 Å². The predicted molar refractivity (Wildman–Crippen MR) is 120 cm³/mol. The van der Waals surface area contributed by atoms with Crippen molar-refractivity contribution in [3.8, 4) is 5.75 Å². The highest BCUT2D eigenvalue weighted by Crippen LogP contribution is 2.28. The fraction of sp³-hybridized carbons (Fsp3) is 0.125. The van der Waals surface area contributed by atoms with Gasteiger partial charge in [0.15, 0.2) is 0 Å². The van der Waals surface area contributed by atoms with Crippen molar-refractivity contribution in [3.05, 3.63) is 93.4 Å². The molecule has 0 saturated carbocycles. The van der Waals surface area contributed by atoms with Crippen molar-refractivity contribution in [3.63, 3.8) is 0 Å². The van der Waals surface area contributed by atoms with E-state index in [2.05, 4.69) is 21.2 Å². The fourth-order valence-corrected chi connectivity index (χ4v) is 3.64. The number of benzene rings is 2. The number of furan rings is 1. The van der Waals surface area contributed by atoms with E-state index in [-0.39, 0.29) is 12.1 Å². The van der Waals surface area contributed by atoms with Crippen molar-refractivity contribution >= 4 is 39.9 Å². The van der Waals surface area contributed by atoms with Crippen LogP contribution in [0.25, 0.3) is 6.08 Å². The Bertz CT molecular complexity index is 1200. The number of aryl methyl sites for hydroxylation is 1. The molecule has 7 nitrogen and oxygen atoms in total. The van der Waals surface area contributed by atoms with Gasteiger partial charge >= 0.3 is 6.03 Å². The van der Waals surface area contributed by atoms with Crippen LogP contribution in [0.1, 0.15) is 22.5 Å². The number of rotatable bonds is 6. The van der Waals surface area contributed by atoms with Gasteiger partial charge in [0.25, 0.3) is 11.8 Å². The van der Waals surface area contributed by atoms with Crippen LogP contribution in [-0.4, -0.2) is 22.7 Å². The van der Waals surface area contributed by atoms with E-state index in [1.54, 1.807) is 30.3 Å². The molecule has 0 unspecified atom stereocenters. The van der Waals surface area contributed by atoms with Gasteiger partial charge in [-0.2, -0.15) is 0 Å². The van der Waals surface area contributed by atoms with Gasteiger partial charge in [-0.1, -0.05) is 35.9 Å². The van der Waals surface area contributed by atoms with Gasteiger partial charge in [-0.15, -0.1) is 0 Å². The lowest BCUT2D eigenvalue weighted by Crippen LogP contribution is -2.53. The number of hydrogen-bond acceptors (Lipinski definition) is 5. The van der Waals surface area contributed by atoms with E-state index in [0.29, 0.717) is 28.2 Å². The van der Waals surface area contributed by atoms with Crippen molar-refractivity contribution in [2.45, 2.75) is 20.1 Å². The van der Waals surface area contributed by atoms with Gasteiger partial charge in [-0.25, -0.2) is 4.79 Å². The van der Waals surface area contributed by atoms with Gasteiger partial charge in [-0.05, 0) is 64.3 Å². The molecule has 8 heteroatoms. The third kappa shape index (κ3) is 4.81. The first kappa shape index (κ1) is 21.6. The lowest BCUT2D eigenvalue weighted by atomic mass is 10.1. The molecule has 1 saturated heterocycles. The zero-order valence-corrected chi connectivity index (χ0v) is 18.7. The fourth-order valence-electron chi connectivity index (χ4n) is 3.13. The molecule has 0 aliphatic carbocycles. The molecule has 1 aliphatic rings. The summed E-state index contributed by atoms with van der Waals surface area (Å²) in [6.07, 6.45) is 2.89. The molecule has 2 heterocycles. The smallest absolute Gasteiger partial charge is 0.331 e. The first-order chi connectivity index (χ1) is 15.4. The van der Waals surface area contributed by atoms with E-state index in [1.165, 1.54) is 17.9 Å². The average Bonchev–Trinajstić information content (AvgIpc) is 3.28. The van der Waals surface area contributed by atoms with Gasteiger partial charge in [0, 0.05) is 0 Å². The van der Waals surface area contributed by atoms with Crippen LogP contribution in [0.5, 0.6) is 5.75 Å². The first-order valence-corrected chi connectivity index (χ1v) is 10.6. The summed E-state index contributed by atoms with van der Waals surface area (Å²) >= 11 is 3.47. The number of halogens is 1. The number of nitrogens with one attached hydrogen (secondary N) is 1. The first-order valence-electron chi connectivity index (χ1n) is 9.80. The van der Waals surface area contributed by atoms with E-state index in [4.69, 9.17) is 9.15 Å². The molecule has 0 atom stereocenters. The van der Waals surface area contributed by atoms with Crippen LogP contribution in [0.4, 0.5) is 4.79 Å². The molecule has 162 valence electrons. The normalized spacial score (nSPS) is 15.2. The van der Waals surface area contributed by atoms with Crippen molar-refractivity contribution in [1.82, 2.24) is 10.2 Å². The minimum atomic E-state index is -0.783. The summed E-state index contributed by atoms with van der Waals surface area (Å²) in [6, 6.07) is 15.8. The van der Waals surface area contributed by atoms with Crippen LogP contribution in [0.15, 0.2) is 75.3 Å². The van der Waals surface area contributed by atoms with Crippen molar-refractivity contribution in [2.75, 3.05) is 0 Å². The molecule has 1 N–H and O–H groups in total. The van der Waals surface area contributed by atoms with Crippen LogP contribution in [0.3, 0.4) is 0 Å². The average molecular weight is 495 g/mol. The minimum Gasteiger partial charge on any atom is -0.488 e.